The van der Waals surface area contributed by atoms with Crippen LogP contribution in [0.3, 0.4) is 0 Å². The zero-order chi connectivity index (χ0) is 10.3. The van der Waals surface area contributed by atoms with E-state index >= 15 is 0 Å². The Morgan fingerprint density at radius 2 is 2.07 bits per heavy atom. The van der Waals surface area contributed by atoms with E-state index in [1.807, 2.05) is 12.3 Å². The molecule has 0 saturated heterocycles. The molecule has 14 heavy (non-hydrogen) atoms. The van der Waals surface area contributed by atoms with Gasteiger partial charge in [0.05, 0.1) is 0 Å². The summed E-state index contributed by atoms with van der Waals surface area (Å²) in [5, 5.41) is 2.91. The number of thiophene rings is 1. The van der Waals surface area contributed by atoms with Crippen molar-refractivity contribution in [1.82, 2.24) is 0 Å². The molecule has 0 fully saturated rings. The van der Waals surface area contributed by atoms with Crippen molar-refractivity contribution in [3.63, 3.8) is 0 Å². The SMILES string of the molecule is Cc1csc2cc(C(F)F)c(N)cc12. The lowest BCUT2D eigenvalue weighted by atomic mass is 10.1. The number of hydrogen-bond acceptors (Lipinski definition) is 2. The Morgan fingerprint density at radius 3 is 2.71 bits per heavy atom. The third-order valence-corrected chi connectivity index (χ3v) is 3.27. The Kier molecular flexibility index (Phi) is 2.15. The van der Waals surface area contributed by atoms with E-state index in [4.69, 9.17) is 5.73 Å². The number of anilines is 1. The average Bonchev–Trinajstić information content (AvgIpc) is 2.46. The smallest absolute Gasteiger partial charge is 0.265 e. The van der Waals surface area contributed by atoms with Gasteiger partial charge in [0, 0.05) is 16.0 Å². The van der Waals surface area contributed by atoms with E-state index in [2.05, 4.69) is 0 Å². The van der Waals surface area contributed by atoms with Crippen LogP contribution in [0.25, 0.3) is 10.1 Å². The standard InChI is InChI=1S/C10H9F2NS/c1-5-4-14-9-3-7(10(11)12)8(13)2-6(5)9/h2-4,10H,13H2,1H3. The molecule has 1 aromatic carbocycles. The summed E-state index contributed by atoms with van der Waals surface area (Å²) in [4.78, 5) is 0. The van der Waals surface area contributed by atoms with E-state index in [9.17, 15) is 8.78 Å². The maximum atomic E-state index is 12.5. The fourth-order valence-corrected chi connectivity index (χ4v) is 2.39. The van der Waals surface area contributed by atoms with Crippen molar-refractivity contribution >= 4 is 27.1 Å². The van der Waals surface area contributed by atoms with E-state index in [0.717, 1.165) is 15.6 Å². The molecule has 0 spiro atoms. The molecule has 0 saturated carbocycles. The monoisotopic (exact) mass is 213 g/mol. The number of nitrogen functional groups attached to an aromatic ring is 1. The fourth-order valence-electron chi connectivity index (χ4n) is 1.42. The Hall–Kier alpha value is -1.16. The van der Waals surface area contributed by atoms with Gasteiger partial charge in [-0.1, -0.05) is 0 Å². The molecule has 0 bridgehead atoms. The second-order valence-corrected chi connectivity index (χ2v) is 4.11. The van der Waals surface area contributed by atoms with Crippen molar-refractivity contribution < 1.29 is 8.78 Å². The van der Waals surface area contributed by atoms with Crippen LogP contribution in [0.4, 0.5) is 14.5 Å². The van der Waals surface area contributed by atoms with Crippen LogP contribution in [-0.2, 0) is 0 Å². The summed E-state index contributed by atoms with van der Waals surface area (Å²) in [7, 11) is 0. The predicted octanol–water partition coefficient (Wildman–Crippen LogP) is 3.73. The van der Waals surface area contributed by atoms with Gasteiger partial charge < -0.3 is 5.73 Å². The van der Waals surface area contributed by atoms with Crippen LogP contribution in [0.5, 0.6) is 0 Å². The summed E-state index contributed by atoms with van der Waals surface area (Å²) in [6.45, 7) is 1.94. The number of rotatable bonds is 1. The van der Waals surface area contributed by atoms with E-state index in [1.165, 1.54) is 17.4 Å². The second kappa shape index (κ2) is 3.20. The summed E-state index contributed by atoms with van der Waals surface area (Å²) in [6.07, 6.45) is -2.50. The van der Waals surface area contributed by atoms with Gasteiger partial charge in [-0.05, 0) is 35.4 Å². The minimum absolute atomic E-state index is 0.0700. The minimum atomic E-state index is -2.50. The summed E-state index contributed by atoms with van der Waals surface area (Å²) >= 11 is 1.47. The molecule has 2 N–H and O–H groups in total. The zero-order valence-corrected chi connectivity index (χ0v) is 8.37. The first-order valence-corrected chi connectivity index (χ1v) is 5.03. The molecule has 0 aliphatic carbocycles. The van der Waals surface area contributed by atoms with Crippen LogP contribution in [0.2, 0.25) is 0 Å². The van der Waals surface area contributed by atoms with E-state index < -0.39 is 6.43 Å². The summed E-state index contributed by atoms with van der Waals surface area (Å²) in [5.74, 6) is 0. The molecule has 0 aliphatic heterocycles. The molecule has 1 nitrogen and oxygen atoms in total. The highest BCUT2D eigenvalue weighted by Gasteiger charge is 2.13. The number of nitrogens with two attached hydrogens (primary N) is 1. The van der Waals surface area contributed by atoms with Crippen molar-refractivity contribution in [3.05, 3.63) is 28.6 Å². The topological polar surface area (TPSA) is 26.0 Å². The highest BCUT2D eigenvalue weighted by Crippen LogP contribution is 2.33. The van der Waals surface area contributed by atoms with Crippen LogP contribution in [-0.4, -0.2) is 0 Å². The molecule has 2 rings (SSSR count). The van der Waals surface area contributed by atoms with Gasteiger partial charge in [-0.15, -0.1) is 11.3 Å². The number of aryl methyl sites for hydroxylation is 1. The lowest BCUT2D eigenvalue weighted by Gasteiger charge is -2.04. The van der Waals surface area contributed by atoms with Crippen molar-refractivity contribution in [1.29, 1.82) is 0 Å². The van der Waals surface area contributed by atoms with Crippen molar-refractivity contribution in [2.75, 3.05) is 5.73 Å². The molecule has 2 aromatic rings. The molecular formula is C10H9F2NS. The van der Waals surface area contributed by atoms with E-state index in [1.54, 1.807) is 6.07 Å². The highest BCUT2D eigenvalue weighted by molar-refractivity contribution is 7.17. The number of alkyl halides is 2. The number of hydrogen-bond donors (Lipinski definition) is 1. The zero-order valence-electron chi connectivity index (χ0n) is 7.55. The normalized spacial score (nSPS) is 11.4. The quantitative estimate of drug-likeness (QED) is 0.717. The molecule has 0 radical (unpaired) electrons. The van der Waals surface area contributed by atoms with Gasteiger partial charge >= 0.3 is 0 Å². The Labute approximate surface area is 84.2 Å². The molecule has 0 amide bonds. The second-order valence-electron chi connectivity index (χ2n) is 3.20. The third-order valence-electron chi connectivity index (χ3n) is 2.21. The van der Waals surface area contributed by atoms with Gasteiger partial charge in [0.15, 0.2) is 0 Å². The molecule has 1 aromatic heterocycles. The third kappa shape index (κ3) is 1.35. The van der Waals surface area contributed by atoms with Gasteiger partial charge in [-0.2, -0.15) is 0 Å². The lowest BCUT2D eigenvalue weighted by Crippen LogP contribution is -1.94. The van der Waals surface area contributed by atoms with Crippen LogP contribution in [0.15, 0.2) is 17.5 Å². The van der Waals surface area contributed by atoms with Crippen molar-refractivity contribution in [3.8, 4) is 0 Å². The largest absolute Gasteiger partial charge is 0.398 e. The molecule has 0 unspecified atom stereocenters. The lowest BCUT2D eigenvalue weighted by molar-refractivity contribution is 0.152. The van der Waals surface area contributed by atoms with Gasteiger partial charge in [-0.3, -0.25) is 0 Å². The maximum Gasteiger partial charge on any atom is 0.265 e. The molecule has 74 valence electrons. The molecule has 4 heteroatoms. The summed E-state index contributed by atoms with van der Waals surface area (Å²) in [5.41, 5.74) is 6.73. The predicted molar refractivity (Wildman–Crippen MR) is 55.9 cm³/mol. The Balaban J connectivity index is 2.72. The van der Waals surface area contributed by atoms with Crippen LogP contribution < -0.4 is 5.73 Å². The molecule has 1 heterocycles. The average molecular weight is 213 g/mol. The van der Waals surface area contributed by atoms with Gasteiger partial charge in [-0.25, -0.2) is 8.78 Å². The fraction of sp³-hybridized carbons (Fsp3) is 0.200. The molecule has 0 atom stereocenters. The maximum absolute atomic E-state index is 12.5. The van der Waals surface area contributed by atoms with E-state index in [0.29, 0.717) is 0 Å². The first kappa shape index (κ1) is 9.40. The number of halogens is 2. The summed E-state index contributed by atoms with van der Waals surface area (Å²) in [6, 6.07) is 3.11. The van der Waals surface area contributed by atoms with Gasteiger partial charge in [0.2, 0.25) is 0 Å². The van der Waals surface area contributed by atoms with Crippen molar-refractivity contribution in [2.45, 2.75) is 13.3 Å². The van der Waals surface area contributed by atoms with Gasteiger partial charge in [0.1, 0.15) is 0 Å². The van der Waals surface area contributed by atoms with Crippen LogP contribution in [0, 0.1) is 6.92 Å². The first-order chi connectivity index (χ1) is 6.59. The van der Waals surface area contributed by atoms with Crippen LogP contribution >= 0.6 is 11.3 Å². The summed E-state index contributed by atoms with van der Waals surface area (Å²) < 4.78 is 25.8. The van der Waals surface area contributed by atoms with Gasteiger partial charge in [0.25, 0.3) is 6.43 Å². The first-order valence-electron chi connectivity index (χ1n) is 4.15. The number of fused-ring (bicyclic) bond motifs is 1. The van der Waals surface area contributed by atoms with Crippen molar-refractivity contribution in [2.24, 2.45) is 0 Å². The molecular weight excluding hydrogens is 204 g/mol. The number of benzene rings is 1. The van der Waals surface area contributed by atoms with Crippen LogP contribution in [0.1, 0.15) is 17.6 Å². The molecule has 0 aliphatic rings. The highest BCUT2D eigenvalue weighted by atomic mass is 32.1. The van der Waals surface area contributed by atoms with E-state index in [-0.39, 0.29) is 11.3 Å². The Morgan fingerprint density at radius 1 is 1.36 bits per heavy atom. The Bertz CT molecular complexity index is 476. The minimum Gasteiger partial charge on any atom is -0.398 e.